The van der Waals surface area contributed by atoms with E-state index in [0.717, 1.165) is 27.9 Å². The number of allylic oxidation sites excluding steroid dienone is 2. The van der Waals surface area contributed by atoms with Crippen molar-refractivity contribution >= 4 is 22.4 Å². The molecule has 0 saturated carbocycles. The molecule has 1 aromatic heterocycles. The fraction of sp³-hybridized carbons (Fsp3) is 0.226. The monoisotopic (exact) mass is 494 g/mol. The number of benzene rings is 3. The van der Waals surface area contributed by atoms with Crippen LogP contribution in [0.3, 0.4) is 0 Å². The van der Waals surface area contributed by atoms with Crippen LogP contribution in [0.1, 0.15) is 29.8 Å². The van der Waals surface area contributed by atoms with Gasteiger partial charge in [-0.3, -0.25) is 4.79 Å². The normalized spacial score (nSPS) is 15.1. The maximum absolute atomic E-state index is 13.9. The summed E-state index contributed by atoms with van der Waals surface area (Å²) in [5.74, 6) is 1.47. The average Bonchev–Trinajstić information content (AvgIpc) is 3.11. The van der Waals surface area contributed by atoms with Crippen LogP contribution in [0.15, 0.2) is 78.5 Å². The van der Waals surface area contributed by atoms with Gasteiger partial charge in [-0.05, 0) is 35.9 Å². The molecule has 3 aromatic carbocycles. The van der Waals surface area contributed by atoms with Gasteiger partial charge < -0.3 is 19.1 Å². The second kappa shape index (κ2) is 9.28. The van der Waals surface area contributed by atoms with Gasteiger partial charge >= 0.3 is 0 Å². The van der Waals surface area contributed by atoms with E-state index in [4.69, 9.17) is 19.2 Å². The predicted octanol–water partition coefficient (Wildman–Crippen LogP) is 6.42. The lowest BCUT2D eigenvalue weighted by molar-refractivity contribution is 0.104. The van der Waals surface area contributed by atoms with Crippen LogP contribution in [-0.4, -0.2) is 39.1 Å². The van der Waals surface area contributed by atoms with Crippen molar-refractivity contribution in [3.05, 3.63) is 89.6 Å². The number of pyridine rings is 1. The van der Waals surface area contributed by atoms with Gasteiger partial charge in [0.05, 0.1) is 32.5 Å². The summed E-state index contributed by atoms with van der Waals surface area (Å²) in [5, 5.41) is 0.802. The van der Waals surface area contributed by atoms with Crippen molar-refractivity contribution < 1.29 is 19.0 Å². The Morgan fingerprint density at radius 2 is 1.54 bits per heavy atom. The van der Waals surface area contributed by atoms with E-state index >= 15 is 0 Å². The van der Waals surface area contributed by atoms with E-state index in [9.17, 15) is 4.79 Å². The minimum Gasteiger partial charge on any atom is -0.493 e. The van der Waals surface area contributed by atoms with Crippen LogP contribution in [0, 0.1) is 0 Å². The van der Waals surface area contributed by atoms with Crippen molar-refractivity contribution in [3.8, 4) is 28.5 Å². The molecule has 0 bridgehead atoms. The van der Waals surface area contributed by atoms with E-state index in [1.165, 1.54) is 5.56 Å². The summed E-state index contributed by atoms with van der Waals surface area (Å²) < 4.78 is 16.6. The molecule has 0 unspecified atom stereocenters. The van der Waals surface area contributed by atoms with Crippen LogP contribution >= 0.6 is 0 Å². The summed E-state index contributed by atoms with van der Waals surface area (Å²) in [6.07, 6.45) is 1.76. The molecule has 0 saturated heterocycles. The Hall–Kier alpha value is -4.32. The van der Waals surface area contributed by atoms with E-state index in [1.54, 1.807) is 27.4 Å². The van der Waals surface area contributed by atoms with Crippen molar-refractivity contribution in [2.24, 2.45) is 0 Å². The first-order valence-corrected chi connectivity index (χ1v) is 12.1. The van der Waals surface area contributed by atoms with Crippen molar-refractivity contribution in [3.63, 3.8) is 0 Å². The van der Waals surface area contributed by atoms with E-state index < -0.39 is 0 Å². The van der Waals surface area contributed by atoms with Crippen LogP contribution in [0.2, 0.25) is 0 Å². The van der Waals surface area contributed by atoms with Gasteiger partial charge in [0.1, 0.15) is 0 Å². The lowest BCUT2D eigenvalue weighted by Crippen LogP contribution is -2.24. The fourth-order valence-corrected chi connectivity index (χ4v) is 5.22. The summed E-state index contributed by atoms with van der Waals surface area (Å²) in [7, 11) is 6.74. The van der Waals surface area contributed by atoms with Gasteiger partial charge in [0.15, 0.2) is 17.3 Å². The second-order valence-corrected chi connectivity index (χ2v) is 9.58. The van der Waals surface area contributed by atoms with Gasteiger partial charge in [0.25, 0.3) is 0 Å². The average molecular weight is 495 g/mol. The highest BCUT2D eigenvalue weighted by Gasteiger charge is 2.38. The van der Waals surface area contributed by atoms with Crippen LogP contribution in [0.5, 0.6) is 17.2 Å². The Kier molecular flexibility index (Phi) is 6.12. The molecule has 5 rings (SSSR count). The molecule has 1 aliphatic rings. The number of nitrogens with zero attached hydrogens (tertiary/aromatic N) is 2. The summed E-state index contributed by atoms with van der Waals surface area (Å²) in [6, 6.07) is 21.5. The molecule has 2 heterocycles. The highest BCUT2D eigenvalue weighted by molar-refractivity contribution is 6.14. The Bertz CT molecular complexity index is 1530. The Balaban J connectivity index is 1.67. The number of ketones is 1. The zero-order chi connectivity index (χ0) is 26.3. The van der Waals surface area contributed by atoms with E-state index in [2.05, 4.69) is 30.9 Å². The number of hydrogen-bond acceptors (Lipinski definition) is 6. The molecule has 4 aromatic rings. The zero-order valence-electron chi connectivity index (χ0n) is 22.0. The largest absolute Gasteiger partial charge is 0.493 e. The Morgan fingerprint density at radius 1 is 0.892 bits per heavy atom. The first kappa shape index (κ1) is 24.4. The third kappa shape index (κ3) is 3.99. The van der Waals surface area contributed by atoms with Crippen LogP contribution in [0.4, 0.5) is 5.69 Å². The minimum atomic E-state index is -0.302. The summed E-state index contributed by atoms with van der Waals surface area (Å²) >= 11 is 0. The predicted molar refractivity (Wildman–Crippen MR) is 147 cm³/mol. The molecule has 0 spiro atoms. The number of carbonyl (C=O) groups excluding carboxylic acids is 1. The van der Waals surface area contributed by atoms with E-state index in [1.807, 2.05) is 61.6 Å². The minimum absolute atomic E-state index is 0.0741. The molecule has 0 radical (unpaired) electrons. The number of aromatic nitrogens is 1. The number of rotatable bonds is 6. The van der Waals surface area contributed by atoms with Crippen molar-refractivity contribution in [1.82, 2.24) is 4.98 Å². The maximum atomic E-state index is 13.9. The first-order chi connectivity index (χ1) is 17.8. The van der Waals surface area contributed by atoms with Gasteiger partial charge in [-0.15, -0.1) is 0 Å². The molecular formula is C31H30N2O4. The standard InChI is InChI=1S/C31H30N2O4/c1-31(2)22-12-8-10-14-25(22)33(3)29(31)18-26(34)21-17-24(32-23-13-9-7-11-20(21)23)19-15-27(35-4)30(37-6)28(16-19)36-5/h7-18H,1-6H3/b29-18+. The van der Waals surface area contributed by atoms with Gasteiger partial charge in [0.2, 0.25) is 5.75 Å². The number of methoxy groups -OCH3 is 3. The third-order valence-electron chi connectivity index (χ3n) is 7.15. The quantitative estimate of drug-likeness (QED) is 0.228. The fourth-order valence-electron chi connectivity index (χ4n) is 5.22. The van der Waals surface area contributed by atoms with Crippen molar-refractivity contribution in [2.45, 2.75) is 19.3 Å². The van der Waals surface area contributed by atoms with Crippen LogP contribution in [0.25, 0.3) is 22.2 Å². The molecular weight excluding hydrogens is 464 g/mol. The highest BCUT2D eigenvalue weighted by atomic mass is 16.5. The van der Waals surface area contributed by atoms with Crippen molar-refractivity contribution in [2.75, 3.05) is 33.3 Å². The maximum Gasteiger partial charge on any atom is 0.203 e. The van der Waals surface area contributed by atoms with Crippen molar-refractivity contribution in [1.29, 1.82) is 0 Å². The lowest BCUT2D eigenvalue weighted by Gasteiger charge is -2.24. The molecule has 0 amide bonds. The molecule has 0 N–H and O–H groups in total. The van der Waals surface area contributed by atoms with Crippen LogP contribution < -0.4 is 19.1 Å². The number of para-hydroxylation sites is 2. The Morgan fingerprint density at radius 3 is 2.19 bits per heavy atom. The lowest BCUT2D eigenvalue weighted by atomic mass is 9.83. The topological polar surface area (TPSA) is 60.9 Å². The summed E-state index contributed by atoms with van der Waals surface area (Å²) in [6.45, 7) is 4.31. The smallest absolute Gasteiger partial charge is 0.203 e. The van der Waals surface area contributed by atoms with Gasteiger partial charge in [-0.2, -0.15) is 0 Å². The van der Waals surface area contributed by atoms with Crippen LogP contribution in [-0.2, 0) is 5.41 Å². The molecule has 0 atom stereocenters. The molecule has 1 aliphatic heterocycles. The van der Waals surface area contributed by atoms with Gasteiger partial charge in [0, 0.05) is 46.4 Å². The molecule has 37 heavy (non-hydrogen) atoms. The number of likely N-dealkylation sites (N-methyl/N-ethyl adjacent to an activating group) is 1. The number of hydrogen-bond donors (Lipinski definition) is 0. The van der Waals surface area contributed by atoms with E-state index in [0.29, 0.717) is 28.5 Å². The highest BCUT2D eigenvalue weighted by Crippen LogP contribution is 2.47. The SMILES string of the molecule is COc1cc(-c2cc(C(=O)/C=C3/N(C)c4ccccc4C3(C)C)c3ccccc3n2)cc(OC)c1OC. The molecule has 0 aliphatic carbocycles. The summed E-state index contributed by atoms with van der Waals surface area (Å²) in [5.41, 5.74) is 5.69. The van der Waals surface area contributed by atoms with E-state index in [-0.39, 0.29) is 11.2 Å². The number of fused-ring (bicyclic) bond motifs is 2. The first-order valence-electron chi connectivity index (χ1n) is 12.1. The number of carbonyl (C=O) groups is 1. The third-order valence-corrected chi connectivity index (χ3v) is 7.15. The zero-order valence-corrected chi connectivity index (χ0v) is 22.0. The van der Waals surface area contributed by atoms with Gasteiger partial charge in [-0.1, -0.05) is 50.2 Å². The molecule has 0 fully saturated rings. The summed E-state index contributed by atoms with van der Waals surface area (Å²) in [4.78, 5) is 20.9. The number of anilines is 1. The Labute approximate surface area is 217 Å². The molecule has 188 valence electrons. The second-order valence-electron chi connectivity index (χ2n) is 9.58. The van der Waals surface area contributed by atoms with Gasteiger partial charge in [-0.25, -0.2) is 4.98 Å². The number of ether oxygens (including phenoxy) is 3. The molecule has 6 heteroatoms. The molecule has 6 nitrogen and oxygen atoms in total.